The van der Waals surface area contributed by atoms with Crippen molar-refractivity contribution in [2.75, 3.05) is 25.0 Å². The van der Waals surface area contributed by atoms with Crippen LogP contribution in [-0.4, -0.2) is 37.1 Å². The van der Waals surface area contributed by atoms with Gasteiger partial charge in [0, 0.05) is 25.8 Å². The minimum atomic E-state index is -0.846. The van der Waals surface area contributed by atoms with Crippen LogP contribution in [0.3, 0.4) is 0 Å². The van der Waals surface area contributed by atoms with E-state index in [4.69, 9.17) is 0 Å². The quantitative estimate of drug-likeness (QED) is 0.844. The molecule has 1 fully saturated rings. The van der Waals surface area contributed by atoms with Crippen LogP contribution in [-0.2, 0) is 9.59 Å². The van der Waals surface area contributed by atoms with Gasteiger partial charge < -0.3 is 15.3 Å². The van der Waals surface area contributed by atoms with E-state index in [1.165, 1.54) is 0 Å². The summed E-state index contributed by atoms with van der Waals surface area (Å²) >= 11 is 0. The first kappa shape index (κ1) is 16.3. The molecule has 0 aromatic heterocycles. The zero-order valence-electron chi connectivity index (χ0n) is 13.0. The second-order valence-electron chi connectivity index (χ2n) is 5.88. The predicted octanol–water partition coefficient (Wildman–Crippen LogP) is 2.13. The standard InChI is InChI=1S/C17H24N2O3/c1-19(13-7-3-2-4-8-13)12-11-18-16(20)14-9-5-6-10-15(14)17(21)22/h2-4,7-8,14-15H,5-6,9-12H2,1H3,(H,18,20)(H,21,22)/t14-,15+/m1/s1. The summed E-state index contributed by atoms with van der Waals surface area (Å²) in [5, 5.41) is 12.1. The highest BCUT2D eigenvalue weighted by molar-refractivity contribution is 5.84. The summed E-state index contributed by atoms with van der Waals surface area (Å²) in [6.07, 6.45) is 3.12. The van der Waals surface area contributed by atoms with Crippen LogP contribution < -0.4 is 10.2 Å². The Labute approximate surface area is 131 Å². The van der Waals surface area contributed by atoms with Crippen LogP contribution in [0.2, 0.25) is 0 Å². The number of carbonyl (C=O) groups is 2. The third-order valence-electron chi connectivity index (χ3n) is 4.36. The van der Waals surface area contributed by atoms with Crippen molar-refractivity contribution < 1.29 is 14.7 Å². The first-order chi connectivity index (χ1) is 10.6. The summed E-state index contributed by atoms with van der Waals surface area (Å²) in [7, 11) is 1.97. The number of hydrogen-bond acceptors (Lipinski definition) is 3. The van der Waals surface area contributed by atoms with Crippen LogP contribution >= 0.6 is 0 Å². The highest BCUT2D eigenvalue weighted by Gasteiger charge is 2.35. The second kappa shape index (κ2) is 7.82. The number of carbonyl (C=O) groups excluding carboxylic acids is 1. The number of nitrogens with zero attached hydrogens (tertiary/aromatic N) is 1. The van der Waals surface area contributed by atoms with Gasteiger partial charge in [-0.3, -0.25) is 9.59 Å². The van der Waals surface area contributed by atoms with E-state index in [1.807, 2.05) is 37.4 Å². The van der Waals surface area contributed by atoms with E-state index >= 15 is 0 Å². The van der Waals surface area contributed by atoms with Gasteiger partial charge in [-0.05, 0) is 25.0 Å². The fourth-order valence-electron chi connectivity index (χ4n) is 3.03. The Kier molecular flexibility index (Phi) is 5.81. The van der Waals surface area contributed by atoms with Crippen LogP contribution in [0.5, 0.6) is 0 Å². The van der Waals surface area contributed by atoms with Crippen molar-refractivity contribution in [1.29, 1.82) is 0 Å². The smallest absolute Gasteiger partial charge is 0.307 e. The normalized spacial score (nSPS) is 21.1. The molecule has 1 aromatic carbocycles. The maximum atomic E-state index is 12.2. The van der Waals surface area contributed by atoms with Gasteiger partial charge in [0.1, 0.15) is 0 Å². The van der Waals surface area contributed by atoms with Gasteiger partial charge in [0.25, 0.3) is 0 Å². The van der Waals surface area contributed by atoms with Crippen LogP contribution in [0.15, 0.2) is 30.3 Å². The Hall–Kier alpha value is -2.04. The van der Waals surface area contributed by atoms with Gasteiger partial charge in [0.2, 0.25) is 5.91 Å². The van der Waals surface area contributed by atoms with E-state index in [1.54, 1.807) is 0 Å². The van der Waals surface area contributed by atoms with E-state index in [9.17, 15) is 14.7 Å². The van der Waals surface area contributed by atoms with E-state index in [-0.39, 0.29) is 11.8 Å². The minimum Gasteiger partial charge on any atom is -0.481 e. The first-order valence-electron chi connectivity index (χ1n) is 7.86. The number of benzene rings is 1. The molecule has 0 spiro atoms. The lowest BCUT2D eigenvalue weighted by Crippen LogP contribution is -2.42. The zero-order valence-corrected chi connectivity index (χ0v) is 13.0. The molecule has 0 heterocycles. The van der Waals surface area contributed by atoms with E-state index < -0.39 is 11.9 Å². The number of likely N-dealkylation sites (N-methyl/N-ethyl adjacent to an activating group) is 1. The van der Waals surface area contributed by atoms with E-state index in [2.05, 4.69) is 10.2 Å². The lowest BCUT2D eigenvalue weighted by Gasteiger charge is -2.28. The topological polar surface area (TPSA) is 69.6 Å². The molecule has 120 valence electrons. The molecule has 2 atom stereocenters. The molecule has 1 saturated carbocycles. The summed E-state index contributed by atoms with van der Waals surface area (Å²) in [5.74, 6) is -1.87. The van der Waals surface area contributed by atoms with Crippen molar-refractivity contribution in [2.45, 2.75) is 25.7 Å². The molecular formula is C17H24N2O3. The summed E-state index contributed by atoms with van der Waals surface area (Å²) in [6.45, 7) is 1.22. The maximum absolute atomic E-state index is 12.2. The van der Waals surface area contributed by atoms with Crippen LogP contribution in [0.4, 0.5) is 5.69 Å². The molecular weight excluding hydrogens is 280 g/mol. The van der Waals surface area contributed by atoms with Gasteiger partial charge in [-0.1, -0.05) is 31.0 Å². The molecule has 0 bridgehead atoms. The summed E-state index contributed by atoms with van der Waals surface area (Å²) < 4.78 is 0. The lowest BCUT2D eigenvalue weighted by atomic mass is 9.79. The molecule has 1 amide bonds. The summed E-state index contributed by atoms with van der Waals surface area (Å²) in [5.41, 5.74) is 1.10. The monoisotopic (exact) mass is 304 g/mol. The number of hydrogen-bond donors (Lipinski definition) is 2. The number of carboxylic acids is 1. The number of anilines is 1. The highest BCUT2D eigenvalue weighted by atomic mass is 16.4. The third kappa shape index (κ3) is 4.23. The van der Waals surface area contributed by atoms with Crippen molar-refractivity contribution in [2.24, 2.45) is 11.8 Å². The fourth-order valence-corrected chi connectivity index (χ4v) is 3.03. The van der Waals surface area contributed by atoms with Gasteiger partial charge in [-0.25, -0.2) is 0 Å². The maximum Gasteiger partial charge on any atom is 0.307 e. The van der Waals surface area contributed by atoms with E-state index in [0.29, 0.717) is 25.9 Å². The third-order valence-corrected chi connectivity index (χ3v) is 4.36. The molecule has 2 rings (SSSR count). The Balaban J connectivity index is 1.81. The minimum absolute atomic E-state index is 0.117. The van der Waals surface area contributed by atoms with Crippen molar-refractivity contribution in [1.82, 2.24) is 5.32 Å². The van der Waals surface area contributed by atoms with Gasteiger partial charge >= 0.3 is 5.97 Å². The van der Waals surface area contributed by atoms with Gasteiger partial charge in [0.15, 0.2) is 0 Å². The summed E-state index contributed by atoms with van der Waals surface area (Å²) in [4.78, 5) is 25.6. The fraction of sp³-hybridized carbons (Fsp3) is 0.529. The number of carboxylic acid groups (broad SMARTS) is 1. The first-order valence-corrected chi connectivity index (χ1v) is 7.86. The molecule has 1 aliphatic carbocycles. The molecule has 22 heavy (non-hydrogen) atoms. The van der Waals surface area contributed by atoms with Gasteiger partial charge in [-0.15, -0.1) is 0 Å². The Morgan fingerprint density at radius 3 is 2.45 bits per heavy atom. The summed E-state index contributed by atoms with van der Waals surface area (Å²) in [6, 6.07) is 9.95. The lowest BCUT2D eigenvalue weighted by molar-refractivity contribution is -0.148. The van der Waals surface area contributed by atoms with Crippen molar-refractivity contribution in [3.8, 4) is 0 Å². The molecule has 2 N–H and O–H groups in total. The molecule has 0 saturated heterocycles. The average molecular weight is 304 g/mol. The van der Waals surface area contributed by atoms with Crippen LogP contribution in [0.25, 0.3) is 0 Å². The van der Waals surface area contributed by atoms with Crippen molar-refractivity contribution in [3.05, 3.63) is 30.3 Å². The Morgan fingerprint density at radius 2 is 1.82 bits per heavy atom. The zero-order chi connectivity index (χ0) is 15.9. The molecule has 5 heteroatoms. The largest absolute Gasteiger partial charge is 0.481 e. The second-order valence-corrected chi connectivity index (χ2v) is 5.88. The molecule has 0 unspecified atom stereocenters. The molecule has 1 aliphatic rings. The predicted molar refractivity (Wildman–Crippen MR) is 85.8 cm³/mol. The van der Waals surface area contributed by atoms with E-state index in [0.717, 1.165) is 18.5 Å². The Bertz CT molecular complexity index is 504. The number of nitrogens with one attached hydrogen (secondary N) is 1. The van der Waals surface area contributed by atoms with Crippen LogP contribution in [0.1, 0.15) is 25.7 Å². The van der Waals surface area contributed by atoms with Gasteiger partial charge in [-0.2, -0.15) is 0 Å². The molecule has 5 nitrogen and oxygen atoms in total. The van der Waals surface area contributed by atoms with Crippen LogP contribution in [0, 0.1) is 11.8 Å². The highest BCUT2D eigenvalue weighted by Crippen LogP contribution is 2.30. The SMILES string of the molecule is CN(CCNC(=O)[C@@H]1CCCC[C@@H]1C(=O)O)c1ccccc1. The number of aliphatic carboxylic acids is 1. The van der Waals surface area contributed by atoms with Gasteiger partial charge in [0.05, 0.1) is 11.8 Å². The molecule has 0 radical (unpaired) electrons. The number of rotatable bonds is 6. The molecule has 1 aromatic rings. The number of para-hydroxylation sites is 1. The van der Waals surface area contributed by atoms with Crippen molar-refractivity contribution in [3.63, 3.8) is 0 Å². The molecule has 0 aliphatic heterocycles. The Morgan fingerprint density at radius 1 is 1.18 bits per heavy atom. The number of amides is 1. The average Bonchev–Trinajstić information content (AvgIpc) is 2.55. The van der Waals surface area contributed by atoms with Crippen molar-refractivity contribution >= 4 is 17.6 Å².